The van der Waals surface area contributed by atoms with Crippen molar-refractivity contribution < 1.29 is 9.53 Å². The quantitative estimate of drug-likeness (QED) is 0.761. The molecule has 1 fully saturated rings. The summed E-state index contributed by atoms with van der Waals surface area (Å²) >= 11 is 0. The predicted octanol–water partition coefficient (Wildman–Crippen LogP) is 1.54. The second kappa shape index (κ2) is 4.03. The lowest BCUT2D eigenvalue weighted by Gasteiger charge is -2.06. The second-order valence-electron chi connectivity index (χ2n) is 3.92. The summed E-state index contributed by atoms with van der Waals surface area (Å²) in [6.07, 6.45) is 1.09. The van der Waals surface area contributed by atoms with Gasteiger partial charge in [-0.2, -0.15) is 0 Å². The molecule has 15 heavy (non-hydrogen) atoms. The summed E-state index contributed by atoms with van der Waals surface area (Å²) < 4.78 is 4.75. The fraction of sp³-hybridized carbons (Fsp3) is 0.417. The van der Waals surface area contributed by atoms with Crippen LogP contribution in [0, 0.1) is 5.92 Å². The molecule has 1 saturated carbocycles. The number of rotatable bonds is 3. The average Bonchev–Trinajstić information content (AvgIpc) is 3.07. The van der Waals surface area contributed by atoms with E-state index < -0.39 is 0 Å². The van der Waals surface area contributed by atoms with E-state index in [2.05, 4.69) is 0 Å². The molecule has 0 spiro atoms. The largest absolute Gasteiger partial charge is 0.465 e. The van der Waals surface area contributed by atoms with E-state index >= 15 is 0 Å². The van der Waals surface area contributed by atoms with Gasteiger partial charge in [-0.25, -0.2) is 4.79 Å². The second-order valence-corrected chi connectivity index (χ2v) is 3.92. The summed E-state index contributed by atoms with van der Waals surface area (Å²) in [7, 11) is 1.41. The molecule has 2 atom stereocenters. The van der Waals surface area contributed by atoms with Crippen LogP contribution in [0.25, 0.3) is 0 Å². The Morgan fingerprint density at radius 3 is 2.87 bits per heavy atom. The van der Waals surface area contributed by atoms with Crippen LogP contribution >= 0.6 is 0 Å². The highest BCUT2D eigenvalue weighted by molar-refractivity contribution is 5.91. The van der Waals surface area contributed by atoms with Crippen LogP contribution in [0.1, 0.15) is 28.3 Å². The third kappa shape index (κ3) is 1.88. The van der Waals surface area contributed by atoms with Gasteiger partial charge in [0.25, 0.3) is 0 Å². The molecular formula is C12H15NO2. The van der Waals surface area contributed by atoms with Gasteiger partial charge in [-0.05, 0) is 36.4 Å². The van der Waals surface area contributed by atoms with E-state index in [1.807, 2.05) is 24.3 Å². The first-order chi connectivity index (χ1) is 7.27. The highest BCUT2D eigenvalue weighted by Gasteiger charge is 2.38. The molecule has 0 aliphatic heterocycles. The molecule has 0 heterocycles. The van der Waals surface area contributed by atoms with Crippen LogP contribution in [-0.2, 0) is 4.74 Å². The lowest BCUT2D eigenvalue weighted by Crippen LogP contribution is -2.07. The molecule has 0 radical (unpaired) electrons. The standard InChI is InChI=1S/C12H15NO2/c1-15-12(14)10-5-3-2-4-9(10)11-6-8(11)7-13/h2-5,8,11H,6-7,13H2,1H3. The Morgan fingerprint density at radius 1 is 1.53 bits per heavy atom. The van der Waals surface area contributed by atoms with Gasteiger partial charge in [0.15, 0.2) is 0 Å². The molecule has 0 aromatic heterocycles. The van der Waals surface area contributed by atoms with Crippen molar-refractivity contribution in [2.24, 2.45) is 11.7 Å². The molecule has 2 unspecified atom stereocenters. The topological polar surface area (TPSA) is 52.3 Å². The molecule has 2 N–H and O–H groups in total. The van der Waals surface area contributed by atoms with Crippen molar-refractivity contribution in [1.29, 1.82) is 0 Å². The van der Waals surface area contributed by atoms with Crippen LogP contribution in [0.5, 0.6) is 0 Å². The molecule has 1 aliphatic carbocycles. The van der Waals surface area contributed by atoms with Gasteiger partial charge in [0, 0.05) is 0 Å². The molecule has 3 heteroatoms. The zero-order valence-electron chi connectivity index (χ0n) is 8.77. The Bertz CT molecular complexity index is 376. The highest BCUT2D eigenvalue weighted by Crippen LogP contribution is 2.47. The number of carbonyl (C=O) groups excluding carboxylic acids is 1. The van der Waals surface area contributed by atoms with Crippen molar-refractivity contribution >= 4 is 5.97 Å². The van der Waals surface area contributed by atoms with Gasteiger partial charge in [-0.1, -0.05) is 18.2 Å². The first-order valence-electron chi connectivity index (χ1n) is 5.15. The summed E-state index contributed by atoms with van der Waals surface area (Å²) in [5.74, 6) is 0.731. The zero-order chi connectivity index (χ0) is 10.8. The molecular weight excluding hydrogens is 190 g/mol. The van der Waals surface area contributed by atoms with E-state index in [0.717, 1.165) is 12.0 Å². The van der Waals surface area contributed by atoms with Crippen LogP contribution < -0.4 is 5.73 Å². The van der Waals surface area contributed by atoms with Gasteiger partial charge in [0.1, 0.15) is 0 Å². The van der Waals surface area contributed by atoms with E-state index in [-0.39, 0.29) is 5.97 Å². The number of hydrogen-bond donors (Lipinski definition) is 1. The number of ether oxygens (including phenoxy) is 1. The minimum atomic E-state index is -0.256. The number of esters is 1. The maximum atomic E-state index is 11.5. The molecule has 1 aromatic rings. The van der Waals surface area contributed by atoms with Crippen molar-refractivity contribution in [2.45, 2.75) is 12.3 Å². The van der Waals surface area contributed by atoms with Crippen LogP contribution in [0.3, 0.4) is 0 Å². The lowest BCUT2D eigenvalue weighted by molar-refractivity contribution is 0.0599. The number of nitrogens with two attached hydrogens (primary N) is 1. The van der Waals surface area contributed by atoms with Crippen LogP contribution in [0.15, 0.2) is 24.3 Å². The number of carbonyl (C=O) groups is 1. The summed E-state index contributed by atoms with van der Waals surface area (Å²) in [6.45, 7) is 0.695. The maximum Gasteiger partial charge on any atom is 0.338 e. The molecule has 2 rings (SSSR count). The van der Waals surface area contributed by atoms with Crippen molar-refractivity contribution in [2.75, 3.05) is 13.7 Å². The van der Waals surface area contributed by atoms with Crippen LogP contribution in [0.2, 0.25) is 0 Å². The first-order valence-corrected chi connectivity index (χ1v) is 5.15. The Kier molecular flexibility index (Phi) is 2.73. The van der Waals surface area contributed by atoms with E-state index in [9.17, 15) is 4.79 Å². The first kappa shape index (κ1) is 10.2. The van der Waals surface area contributed by atoms with Crippen LogP contribution in [-0.4, -0.2) is 19.6 Å². The Hall–Kier alpha value is -1.35. The smallest absolute Gasteiger partial charge is 0.338 e. The molecule has 1 aliphatic rings. The number of hydrogen-bond acceptors (Lipinski definition) is 3. The van der Waals surface area contributed by atoms with Crippen molar-refractivity contribution in [3.05, 3.63) is 35.4 Å². The lowest BCUT2D eigenvalue weighted by atomic mass is 10.0. The zero-order valence-corrected chi connectivity index (χ0v) is 8.77. The van der Waals surface area contributed by atoms with Gasteiger partial charge < -0.3 is 10.5 Å². The molecule has 0 amide bonds. The Morgan fingerprint density at radius 2 is 2.27 bits per heavy atom. The minimum absolute atomic E-state index is 0.256. The van der Waals surface area contributed by atoms with E-state index in [0.29, 0.717) is 23.9 Å². The SMILES string of the molecule is COC(=O)c1ccccc1C1CC1CN. The van der Waals surface area contributed by atoms with Gasteiger partial charge in [0.2, 0.25) is 0 Å². The number of benzene rings is 1. The van der Waals surface area contributed by atoms with Crippen molar-refractivity contribution in [3.8, 4) is 0 Å². The number of methoxy groups -OCH3 is 1. The predicted molar refractivity (Wildman–Crippen MR) is 57.7 cm³/mol. The van der Waals surface area contributed by atoms with Gasteiger partial charge in [-0.3, -0.25) is 0 Å². The van der Waals surface area contributed by atoms with Gasteiger partial charge in [-0.15, -0.1) is 0 Å². The third-order valence-corrected chi connectivity index (χ3v) is 2.99. The average molecular weight is 205 g/mol. The summed E-state index contributed by atoms with van der Waals surface area (Å²) in [5, 5.41) is 0. The fourth-order valence-corrected chi connectivity index (χ4v) is 2.01. The summed E-state index contributed by atoms with van der Waals surface area (Å²) in [5.41, 5.74) is 7.37. The van der Waals surface area contributed by atoms with Crippen molar-refractivity contribution in [1.82, 2.24) is 0 Å². The highest BCUT2D eigenvalue weighted by atomic mass is 16.5. The van der Waals surface area contributed by atoms with E-state index in [1.165, 1.54) is 7.11 Å². The Labute approximate surface area is 89.2 Å². The Balaban J connectivity index is 2.27. The molecule has 3 nitrogen and oxygen atoms in total. The molecule has 1 aromatic carbocycles. The van der Waals surface area contributed by atoms with Gasteiger partial charge >= 0.3 is 5.97 Å². The molecule has 80 valence electrons. The maximum absolute atomic E-state index is 11.5. The minimum Gasteiger partial charge on any atom is -0.465 e. The molecule has 0 saturated heterocycles. The van der Waals surface area contributed by atoms with E-state index in [1.54, 1.807) is 0 Å². The fourth-order valence-electron chi connectivity index (χ4n) is 2.01. The monoisotopic (exact) mass is 205 g/mol. The van der Waals surface area contributed by atoms with E-state index in [4.69, 9.17) is 10.5 Å². The summed E-state index contributed by atoms with van der Waals surface area (Å²) in [6, 6.07) is 7.61. The van der Waals surface area contributed by atoms with Gasteiger partial charge in [0.05, 0.1) is 12.7 Å². The summed E-state index contributed by atoms with van der Waals surface area (Å²) in [4.78, 5) is 11.5. The molecule has 0 bridgehead atoms. The van der Waals surface area contributed by atoms with Crippen LogP contribution in [0.4, 0.5) is 0 Å². The third-order valence-electron chi connectivity index (χ3n) is 2.99. The normalized spacial score (nSPS) is 23.6. The van der Waals surface area contributed by atoms with Crippen molar-refractivity contribution in [3.63, 3.8) is 0 Å².